The SMILES string of the molecule is CCOCCN(C(=O)C(Cl)Cl)C(NC(=O)C(C)(C)C)c1ccc(Oc2ccccc2)cc1. The summed E-state index contributed by atoms with van der Waals surface area (Å²) in [6, 6.07) is 16.6. The summed E-state index contributed by atoms with van der Waals surface area (Å²) in [5.74, 6) is 0.595. The number of nitrogens with zero attached hydrogens (tertiary/aromatic N) is 1. The van der Waals surface area contributed by atoms with Crippen molar-refractivity contribution in [3.05, 3.63) is 60.2 Å². The second-order valence-electron chi connectivity index (χ2n) is 8.14. The van der Waals surface area contributed by atoms with Gasteiger partial charge in [-0.3, -0.25) is 9.59 Å². The highest BCUT2D eigenvalue weighted by Gasteiger charge is 2.32. The summed E-state index contributed by atoms with van der Waals surface area (Å²) in [7, 11) is 0. The third kappa shape index (κ3) is 7.69. The molecule has 2 aromatic carbocycles. The van der Waals surface area contributed by atoms with E-state index in [0.717, 1.165) is 0 Å². The van der Waals surface area contributed by atoms with Gasteiger partial charge in [0, 0.05) is 18.6 Å². The molecule has 0 saturated carbocycles. The number of alkyl halides is 2. The Morgan fingerprint density at radius 3 is 2.12 bits per heavy atom. The van der Waals surface area contributed by atoms with Gasteiger partial charge in [-0.2, -0.15) is 0 Å². The second-order valence-corrected chi connectivity index (χ2v) is 9.24. The molecule has 2 rings (SSSR count). The van der Waals surface area contributed by atoms with Gasteiger partial charge in [-0.05, 0) is 36.8 Å². The van der Waals surface area contributed by atoms with Crippen LogP contribution < -0.4 is 10.1 Å². The smallest absolute Gasteiger partial charge is 0.257 e. The number of para-hydroxylation sites is 1. The van der Waals surface area contributed by atoms with E-state index in [1.54, 1.807) is 45.0 Å². The van der Waals surface area contributed by atoms with Crippen LogP contribution in [0.25, 0.3) is 0 Å². The number of hydrogen-bond donors (Lipinski definition) is 1. The molecule has 0 bridgehead atoms. The van der Waals surface area contributed by atoms with Gasteiger partial charge >= 0.3 is 0 Å². The topological polar surface area (TPSA) is 67.9 Å². The van der Waals surface area contributed by atoms with E-state index in [1.165, 1.54) is 4.90 Å². The monoisotopic (exact) mass is 480 g/mol. The summed E-state index contributed by atoms with van der Waals surface area (Å²) in [5, 5.41) is 2.96. The van der Waals surface area contributed by atoms with Crippen molar-refractivity contribution in [3.8, 4) is 11.5 Å². The maximum absolute atomic E-state index is 12.8. The number of benzene rings is 2. The van der Waals surface area contributed by atoms with Crippen molar-refractivity contribution in [2.24, 2.45) is 5.41 Å². The minimum absolute atomic E-state index is 0.208. The summed E-state index contributed by atoms with van der Waals surface area (Å²) in [5.41, 5.74) is 0.0201. The Morgan fingerprint density at radius 1 is 1.00 bits per heavy atom. The standard InChI is InChI=1S/C24H30Cl2N2O4/c1-5-31-16-15-28(22(29)20(25)26)21(27-23(30)24(2,3)4)17-11-13-19(14-12-17)32-18-9-7-6-8-10-18/h6-14,20-21H,5,15-16H2,1-4H3,(H,27,30). The van der Waals surface area contributed by atoms with Crippen LogP contribution >= 0.6 is 23.2 Å². The van der Waals surface area contributed by atoms with E-state index in [-0.39, 0.29) is 19.1 Å². The van der Waals surface area contributed by atoms with E-state index in [0.29, 0.717) is 23.7 Å². The van der Waals surface area contributed by atoms with Crippen LogP contribution in [0.3, 0.4) is 0 Å². The van der Waals surface area contributed by atoms with Crippen LogP contribution in [-0.2, 0) is 14.3 Å². The number of carbonyl (C=O) groups is 2. The van der Waals surface area contributed by atoms with Crippen LogP contribution in [0.5, 0.6) is 11.5 Å². The van der Waals surface area contributed by atoms with Gasteiger partial charge in [0.15, 0.2) is 4.84 Å². The molecule has 0 aliphatic rings. The zero-order valence-electron chi connectivity index (χ0n) is 18.8. The molecule has 0 aliphatic carbocycles. The molecule has 0 radical (unpaired) electrons. The first-order chi connectivity index (χ1) is 15.1. The molecular formula is C24H30Cl2N2O4. The minimum atomic E-state index is -1.27. The van der Waals surface area contributed by atoms with Gasteiger partial charge in [0.25, 0.3) is 5.91 Å². The van der Waals surface area contributed by atoms with Crippen molar-refractivity contribution < 1.29 is 19.1 Å². The van der Waals surface area contributed by atoms with Gasteiger partial charge in [-0.25, -0.2) is 0 Å². The predicted molar refractivity (Wildman–Crippen MR) is 127 cm³/mol. The first-order valence-electron chi connectivity index (χ1n) is 10.4. The molecule has 0 fully saturated rings. The van der Waals surface area contributed by atoms with Crippen molar-refractivity contribution in [3.63, 3.8) is 0 Å². The van der Waals surface area contributed by atoms with Gasteiger partial charge in [0.05, 0.1) is 6.61 Å². The van der Waals surface area contributed by atoms with E-state index < -0.39 is 22.3 Å². The number of amides is 2. The Hall–Kier alpha value is -2.28. The fourth-order valence-electron chi connectivity index (χ4n) is 2.82. The maximum Gasteiger partial charge on any atom is 0.257 e. The predicted octanol–water partition coefficient (Wildman–Crippen LogP) is 5.31. The van der Waals surface area contributed by atoms with Crippen LogP contribution in [0, 0.1) is 5.41 Å². The summed E-state index contributed by atoms with van der Waals surface area (Å²) in [6.07, 6.45) is -0.777. The van der Waals surface area contributed by atoms with Gasteiger partial charge in [0.1, 0.15) is 17.7 Å². The van der Waals surface area contributed by atoms with Crippen molar-refractivity contribution >= 4 is 35.0 Å². The Labute approximate surface area is 199 Å². The van der Waals surface area contributed by atoms with Gasteiger partial charge in [0.2, 0.25) is 5.91 Å². The number of rotatable bonds is 10. The Morgan fingerprint density at radius 2 is 1.59 bits per heavy atom. The molecule has 1 N–H and O–H groups in total. The number of ether oxygens (including phenoxy) is 2. The van der Waals surface area contributed by atoms with Crippen molar-refractivity contribution in [2.75, 3.05) is 19.8 Å². The molecule has 0 aliphatic heterocycles. The highest BCUT2D eigenvalue weighted by atomic mass is 35.5. The van der Waals surface area contributed by atoms with Crippen LogP contribution in [0.4, 0.5) is 0 Å². The molecule has 0 saturated heterocycles. The average Bonchev–Trinajstić information content (AvgIpc) is 2.75. The molecule has 32 heavy (non-hydrogen) atoms. The quantitative estimate of drug-likeness (QED) is 0.284. The normalized spacial score (nSPS) is 12.3. The molecule has 0 heterocycles. The summed E-state index contributed by atoms with van der Waals surface area (Å²) in [6.45, 7) is 8.25. The molecular weight excluding hydrogens is 451 g/mol. The highest BCUT2D eigenvalue weighted by molar-refractivity contribution is 6.53. The number of carbonyl (C=O) groups excluding carboxylic acids is 2. The lowest BCUT2D eigenvalue weighted by atomic mass is 9.95. The number of halogens is 2. The summed E-state index contributed by atoms with van der Waals surface area (Å²) < 4.78 is 11.3. The first-order valence-corrected chi connectivity index (χ1v) is 11.3. The molecule has 8 heteroatoms. The lowest BCUT2D eigenvalue weighted by Gasteiger charge is -2.35. The number of nitrogens with one attached hydrogen (secondary N) is 1. The van der Waals surface area contributed by atoms with Gasteiger partial charge < -0.3 is 19.7 Å². The zero-order chi connectivity index (χ0) is 23.7. The summed E-state index contributed by atoms with van der Waals surface area (Å²) >= 11 is 11.8. The van der Waals surface area contributed by atoms with Crippen molar-refractivity contribution in [2.45, 2.75) is 38.7 Å². The highest BCUT2D eigenvalue weighted by Crippen LogP contribution is 2.27. The molecule has 1 atom stereocenters. The lowest BCUT2D eigenvalue weighted by Crippen LogP contribution is -2.49. The van der Waals surface area contributed by atoms with Crippen LogP contribution in [0.2, 0.25) is 0 Å². The molecule has 6 nitrogen and oxygen atoms in total. The Bertz CT molecular complexity index is 868. The van der Waals surface area contributed by atoms with Crippen molar-refractivity contribution in [1.29, 1.82) is 0 Å². The van der Waals surface area contributed by atoms with E-state index in [1.807, 2.05) is 37.3 Å². The van der Waals surface area contributed by atoms with Gasteiger partial charge in [-0.15, -0.1) is 0 Å². The van der Waals surface area contributed by atoms with Crippen LogP contribution in [0.1, 0.15) is 39.4 Å². The molecule has 2 aromatic rings. The molecule has 1 unspecified atom stereocenters. The third-order valence-electron chi connectivity index (χ3n) is 4.59. The van der Waals surface area contributed by atoms with E-state index in [2.05, 4.69) is 5.32 Å². The van der Waals surface area contributed by atoms with Crippen molar-refractivity contribution in [1.82, 2.24) is 10.2 Å². The van der Waals surface area contributed by atoms with Gasteiger partial charge in [-0.1, -0.05) is 74.3 Å². The number of hydrogen-bond acceptors (Lipinski definition) is 4. The van der Waals surface area contributed by atoms with E-state index in [4.69, 9.17) is 32.7 Å². The molecule has 2 amide bonds. The second kappa shape index (κ2) is 12.1. The molecule has 0 spiro atoms. The van der Waals surface area contributed by atoms with Crippen LogP contribution in [0.15, 0.2) is 54.6 Å². The molecule has 0 aromatic heterocycles. The van der Waals surface area contributed by atoms with Crippen LogP contribution in [-0.4, -0.2) is 41.3 Å². The van der Waals surface area contributed by atoms with E-state index >= 15 is 0 Å². The maximum atomic E-state index is 12.8. The molecule has 174 valence electrons. The third-order valence-corrected chi connectivity index (χ3v) is 4.96. The minimum Gasteiger partial charge on any atom is -0.457 e. The first kappa shape index (κ1) is 26.0. The zero-order valence-corrected chi connectivity index (χ0v) is 20.3. The Balaban J connectivity index is 2.35. The fourth-order valence-corrected chi connectivity index (χ4v) is 3.07. The average molecular weight is 481 g/mol. The lowest BCUT2D eigenvalue weighted by molar-refractivity contribution is -0.137. The summed E-state index contributed by atoms with van der Waals surface area (Å²) in [4.78, 5) is 25.8. The fraction of sp³-hybridized carbons (Fsp3) is 0.417. The Kier molecular flexibility index (Phi) is 9.82. The van der Waals surface area contributed by atoms with E-state index in [9.17, 15) is 9.59 Å². The largest absolute Gasteiger partial charge is 0.457 e.